The molecule has 0 aliphatic heterocycles. The maximum Gasteiger partial charge on any atom is 0.0703 e. The second kappa shape index (κ2) is 4.45. The van der Waals surface area contributed by atoms with Crippen LogP contribution in [0.4, 0.5) is 11.4 Å². The zero-order valence-corrected chi connectivity index (χ0v) is 10.1. The minimum absolute atomic E-state index is 1.02. The van der Waals surface area contributed by atoms with Crippen LogP contribution in [0.3, 0.4) is 0 Å². The first-order valence-corrected chi connectivity index (χ1v) is 5.83. The largest absolute Gasteiger partial charge is 0.343 e. The fourth-order valence-electron chi connectivity index (χ4n) is 1.96. The average Bonchev–Trinajstić information content (AvgIpc) is 2.47. The monoisotopic (exact) mass is 235 g/mol. The molecule has 3 rings (SSSR count). The summed E-state index contributed by atoms with van der Waals surface area (Å²) in [6.07, 6.45) is 5.48. The molecule has 0 amide bonds. The molecule has 88 valence electrons. The molecular formula is C15H13N3. The zero-order chi connectivity index (χ0) is 12.4. The summed E-state index contributed by atoms with van der Waals surface area (Å²) in [6.45, 7) is 0. The van der Waals surface area contributed by atoms with Crippen LogP contribution in [-0.2, 0) is 0 Å². The minimum Gasteiger partial charge on any atom is -0.343 e. The average molecular weight is 235 g/mol. The zero-order valence-electron chi connectivity index (χ0n) is 10.1. The lowest BCUT2D eigenvalue weighted by Crippen LogP contribution is -2.09. The number of nitrogens with zero attached hydrogens (tertiary/aromatic N) is 3. The molecule has 0 N–H and O–H groups in total. The van der Waals surface area contributed by atoms with E-state index in [0.717, 1.165) is 22.3 Å². The van der Waals surface area contributed by atoms with Crippen LogP contribution in [-0.4, -0.2) is 17.0 Å². The highest BCUT2D eigenvalue weighted by molar-refractivity contribution is 5.82. The number of para-hydroxylation sites is 1. The van der Waals surface area contributed by atoms with E-state index in [9.17, 15) is 0 Å². The van der Waals surface area contributed by atoms with Gasteiger partial charge in [-0.3, -0.25) is 9.97 Å². The molecule has 3 nitrogen and oxygen atoms in total. The second-order valence-corrected chi connectivity index (χ2v) is 4.15. The number of benzene rings is 1. The van der Waals surface area contributed by atoms with Crippen LogP contribution in [0.15, 0.2) is 61.1 Å². The highest BCUT2D eigenvalue weighted by Crippen LogP contribution is 2.24. The molecule has 0 fully saturated rings. The number of hydrogen-bond acceptors (Lipinski definition) is 3. The highest BCUT2D eigenvalue weighted by Gasteiger charge is 2.04. The quantitative estimate of drug-likeness (QED) is 0.681. The van der Waals surface area contributed by atoms with Gasteiger partial charge in [0.25, 0.3) is 0 Å². The van der Waals surface area contributed by atoms with Crippen LogP contribution in [0.25, 0.3) is 10.9 Å². The van der Waals surface area contributed by atoms with Gasteiger partial charge >= 0.3 is 0 Å². The lowest BCUT2D eigenvalue weighted by molar-refractivity contribution is 1.17. The van der Waals surface area contributed by atoms with Crippen molar-refractivity contribution in [1.82, 2.24) is 9.97 Å². The summed E-state index contributed by atoms with van der Waals surface area (Å²) in [7, 11) is 2.03. The van der Waals surface area contributed by atoms with Crippen molar-refractivity contribution in [3.8, 4) is 0 Å². The third kappa shape index (κ3) is 1.91. The van der Waals surface area contributed by atoms with Crippen LogP contribution in [0.1, 0.15) is 0 Å². The van der Waals surface area contributed by atoms with Crippen molar-refractivity contribution in [2.75, 3.05) is 11.9 Å². The van der Waals surface area contributed by atoms with E-state index in [1.807, 2.05) is 43.6 Å². The first kappa shape index (κ1) is 10.7. The Kier molecular flexibility index (Phi) is 2.65. The molecule has 2 heterocycles. The fraction of sp³-hybridized carbons (Fsp3) is 0.0667. The third-order valence-corrected chi connectivity index (χ3v) is 3.01. The summed E-state index contributed by atoms with van der Waals surface area (Å²) < 4.78 is 0. The Morgan fingerprint density at radius 3 is 2.56 bits per heavy atom. The fourth-order valence-corrected chi connectivity index (χ4v) is 1.96. The lowest BCUT2D eigenvalue weighted by Gasteiger charge is -2.19. The molecule has 3 heteroatoms. The van der Waals surface area contributed by atoms with Crippen LogP contribution in [0.5, 0.6) is 0 Å². The SMILES string of the molecule is CN(c1ccncc1)c1cnc2ccccc2c1. The molecule has 18 heavy (non-hydrogen) atoms. The highest BCUT2D eigenvalue weighted by atomic mass is 15.1. The standard InChI is InChI=1S/C15H13N3/c1-18(13-6-8-16-9-7-13)14-10-12-4-2-3-5-15(12)17-11-14/h2-11H,1H3. The van der Waals surface area contributed by atoms with E-state index in [4.69, 9.17) is 0 Å². The number of rotatable bonds is 2. The first-order chi connectivity index (χ1) is 8.84. The predicted molar refractivity (Wildman–Crippen MR) is 74.0 cm³/mol. The summed E-state index contributed by atoms with van der Waals surface area (Å²) in [6, 6.07) is 14.2. The molecule has 0 saturated heterocycles. The summed E-state index contributed by atoms with van der Waals surface area (Å²) >= 11 is 0. The molecule has 0 spiro atoms. The van der Waals surface area contributed by atoms with Gasteiger partial charge in [-0.2, -0.15) is 0 Å². The van der Waals surface area contributed by atoms with Crippen molar-refractivity contribution < 1.29 is 0 Å². The van der Waals surface area contributed by atoms with Gasteiger partial charge in [0, 0.05) is 30.5 Å². The number of pyridine rings is 2. The molecule has 0 radical (unpaired) electrons. The molecule has 2 aromatic heterocycles. The molecule has 1 aromatic carbocycles. The normalized spacial score (nSPS) is 10.5. The molecule has 0 unspecified atom stereocenters. The Balaban J connectivity index is 2.04. The van der Waals surface area contributed by atoms with Gasteiger partial charge < -0.3 is 4.90 Å². The molecule has 3 aromatic rings. The molecule has 0 aliphatic carbocycles. The summed E-state index contributed by atoms with van der Waals surface area (Å²) in [5.74, 6) is 0. The van der Waals surface area contributed by atoms with Crippen molar-refractivity contribution in [2.45, 2.75) is 0 Å². The van der Waals surface area contributed by atoms with Crippen LogP contribution in [0, 0.1) is 0 Å². The van der Waals surface area contributed by atoms with E-state index in [1.165, 1.54) is 0 Å². The van der Waals surface area contributed by atoms with Gasteiger partial charge in [0.05, 0.1) is 17.4 Å². The molecule has 0 bridgehead atoms. The lowest BCUT2D eigenvalue weighted by atomic mass is 10.2. The molecule has 0 aliphatic rings. The number of anilines is 2. The van der Waals surface area contributed by atoms with Crippen LogP contribution >= 0.6 is 0 Å². The number of aromatic nitrogens is 2. The van der Waals surface area contributed by atoms with Crippen molar-refractivity contribution in [2.24, 2.45) is 0 Å². The molecule has 0 saturated carbocycles. The molecule has 0 atom stereocenters. The summed E-state index contributed by atoms with van der Waals surface area (Å²) in [5.41, 5.74) is 3.19. The Morgan fingerprint density at radius 1 is 0.944 bits per heavy atom. The number of fused-ring (bicyclic) bond motifs is 1. The van der Waals surface area contributed by atoms with Gasteiger partial charge in [0.2, 0.25) is 0 Å². The van der Waals surface area contributed by atoms with E-state index in [-0.39, 0.29) is 0 Å². The van der Waals surface area contributed by atoms with Gasteiger partial charge in [0.1, 0.15) is 0 Å². The minimum atomic E-state index is 1.02. The maximum atomic E-state index is 4.47. The smallest absolute Gasteiger partial charge is 0.0703 e. The van der Waals surface area contributed by atoms with Crippen molar-refractivity contribution in [3.63, 3.8) is 0 Å². The van der Waals surface area contributed by atoms with E-state index in [2.05, 4.69) is 27.0 Å². The Labute approximate surface area is 106 Å². The van der Waals surface area contributed by atoms with Crippen molar-refractivity contribution >= 4 is 22.3 Å². The third-order valence-electron chi connectivity index (χ3n) is 3.01. The van der Waals surface area contributed by atoms with E-state index < -0.39 is 0 Å². The summed E-state index contributed by atoms with van der Waals surface area (Å²) in [5, 5.41) is 1.15. The molecular weight excluding hydrogens is 222 g/mol. The van der Waals surface area contributed by atoms with Gasteiger partial charge in [-0.15, -0.1) is 0 Å². The second-order valence-electron chi connectivity index (χ2n) is 4.15. The van der Waals surface area contributed by atoms with Crippen molar-refractivity contribution in [3.05, 3.63) is 61.1 Å². The van der Waals surface area contributed by atoms with Crippen LogP contribution < -0.4 is 4.90 Å². The van der Waals surface area contributed by atoms with Gasteiger partial charge in [-0.25, -0.2) is 0 Å². The topological polar surface area (TPSA) is 29.0 Å². The van der Waals surface area contributed by atoms with E-state index >= 15 is 0 Å². The van der Waals surface area contributed by atoms with Crippen molar-refractivity contribution in [1.29, 1.82) is 0 Å². The Bertz CT molecular complexity index is 665. The number of hydrogen-bond donors (Lipinski definition) is 0. The Morgan fingerprint density at radius 2 is 1.72 bits per heavy atom. The van der Waals surface area contributed by atoms with Gasteiger partial charge in [0.15, 0.2) is 0 Å². The van der Waals surface area contributed by atoms with Gasteiger partial charge in [-0.1, -0.05) is 18.2 Å². The van der Waals surface area contributed by atoms with E-state index in [0.29, 0.717) is 0 Å². The summed E-state index contributed by atoms with van der Waals surface area (Å²) in [4.78, 5) is 10.6. The first-order valence-electron chi connectivity index (χ1n) is 5.83. The maximum absolute atomic E-state index is 4.47. The van der Waals surface area contributed by atoms with Gasteiger partial charge in [-0.05, 0) is 24.3 Å². The Hall–Kier alpha value is -2.42. The van der Waals surface area contributed by atoms with E-state index in [1.54, 1.807) is 12.4 Å². The predicted octanol–water partition coefficient (Wildman–Crippen LogP) is 3.40. The van der Waals surface area contributed by atoms with Crippen LogP contribution in [0.2, 0.25) is 0 Å².